The molecule has 0 saturated carbocycles. The molecule has 2 unspecified atom stereocenters. The van der Waals surface area contributed by atoms with Crippen molar-refractivity contribution < 1.29 is 47.1 Å². The monoisotopic (exact) mass is 684 g/mol. The molecular weight excluding hydrogens is 643 g/mol. The number of H-pyrrole nitrogens is 1. The van der Waals surface area contributed by atoms with Gasteiger partial charge in [0.05, 0.1) is 38.1 Å². The molecule has 47 heavy (non-hydrogen) atoms. The van der Waals surface area contributed by atoms with Gasteiger partial charge in [-0.2, -0.15) is 10.2 Å². The van der Waals surface area contributed by atoms with Crippen LogP contribution in [-0.2, 0) is 32.6 Å². The van der Waals surface area contributed by atoms with Gasteiger partial charge in [-0.05, 0) is 20.8 Å². The number of carbonyl (C=O) groups excluding carboxylic acids is 3. The van der Waals surface area contributed by atoms with Gasteiger partial charge in [0.15, 0.2) is 23.5 Å². The van der Waals surface area contributed by atoms with Crippen molar-refractivity contribution in [3.05, 3.63) is 16.7 Å². The molecule has 2 aromatic rings. The van der Waals surface area contributed by atoms with Crippen LogP contribution in [0.2, 0.25) is 0 Å². The summed E-state index contributed by atoms with van der Waals surface area (Å²) in [7, 11) is -1.54. The number of fused-ring (bicyclic) bond motifs is 1. The number of phosphoric ester groups is 1. The van der Waals surface area contributed by atoms with Gasteiger partial charge in [-0.1, -0.05) is 13.8 Å². The number of nitrogens with zero attached hydrogens (tertiary/aromatic N) is 6. The van der Waals surface area contributed by atoms with Crippen LogP contribution in [0.15, 0.2) is 11.1 Å². The molecule has 0 spiro atoms. The van der Waals surface area contributed by atoms with Gasteiger partial charge in [-0.25, -0.2) is 19.1 Å². The fourth-order valence-corrected chi connectivity index (χ4v) is 4.82. The molecule has 19 nitrogen and oxygen atoms in total. The Morgan fingerprint density at radius 1 is 1.23 bits per heavy atom. The number of amides is 3. The molecule has 1 aliphatic heterocycles. The Bertz CT molecular complexity index is 1580. The van der Waals surface area contributed by atoms with Gasteiger partial charge in [0, 0.05) is 39.5 Å². The SMILES string of the molecule is CC(C)C(=O)Nc1nc2c(ncn2[C@@H]2OC(COP(=O)(O)OCCC#N)C[C@H]2OC(=O)N(C)CCN(C)C(=O)OC(C)(C)C)c(=O)[nH]1. The zero-order valence-electron chi connectivity index (χ0n) is 27.3. The van der Waals surface area contributed by atoms with Gasteiger partial charge in [0.2, 0.25) is 11.9 Å². The third-order valence-corrected chi connectivity index (χ3v) is 7.53. The van der Waals surface area contributed by atoms with Crippen LogP contribution in [0.3, 0.4) is 0 Å². The maximum atomic E-state index is 13.2. The van der Waals surface area contributed by atoms with Crippen molar-refractivity contribution in [1.82, 2.24) is 29.3 Å². The number of phosphoric acid groups is 1. The van der Waals surface area contributed by atoms with E-state index in [1.165, 1.54) is 34.8 Å². The summed E-state index contributed by atoms with van der Waals surface area (Å²) in [6.45, 7) is 7.95. The highest BCUT2D eigenvalue weighted by atomic mass is 31.2. The molecule has 4 atom stereocenters. The lowest BCUT2D eigenvalue weighted by Crippen LogP contribution is -2.41. The number of aromatic nitrogens is 4. The van der Waals surface area contributed by atoms with Crippen LogP contribution in [0.4, 0.5) is 15.5 Å². The van der Waals surface area contributed by atoms with E-state index >= 15 is 0 Å². The Morgan fingerprint density at radius 2 is 1.89 bits per heavy atom. The minimum Gasteiger partial charge on any atom is -0.444 e. The van der Waals surface area contributed by atoms with Crippen molar-refractivity contribution in [2.75, 3.05) is 45.7 Å². The predicted molar refractivity (Wildman–Crippen MR) is 164 cm³/mol. The smallest absolute Gasteiger partial charge is 0.444 e. The maximum Gasteiger partial charge on any atom is 0.472 e. The number of hydrogen-bond acceptors (Lipinski definition) is 13. The molecule has 3 rings (SSSR count). The topological polar surface area (TPSA) is 241 Å². The molecule has 260 valence electrons. The van der Waals surface area contributed by atoms with Crippen LogP contribution in [0.5, 0.6) is 0 Å². The fraction of sp³-hybridized carbons (Fsp3) is 0.667. The summed E-state index contributed by atoms with van der Waals surface area (Å²) in [6, 6.07) is 1.78. The zero-order chi connectivity index (χ0) is 35.1. The number of likely N-dealkylation sites (N-methyl/N-ethyl adjacent to an activating group) is 2. The molecule has 1 aliphatic rings. The number of ether oxygens (including phenoxy) is 3. The highest BCUT2D eigenvalue weighted by Crippen LogP contribution is 2.44. The average Bonchev–Trinajstić information content (AvgIpc) is 3.57. The minimum atomic E-state index is -4.54. The van der Waals surface area contributed by atoms with E-state index in [0.29, 0.717) is 0 Å². The molecule has 0 aromatic carbocycles. The highest BCUT2D eigenvalue weighted by Gasteiger charge is 2.42. The van der Waals surface area contributed by atoms with Crippen LogP contribution < -0.4 is 10.9 Å². The molecule has 3 heterocycles. The second kappa shape index (κ2) is 15.7. The van der Waals surface area contributed by atoms with Crippen LogP contribution in [0.25, 0.3) is 11.2 Å². The van der Waals surface area contributed by atoms with Gasteiger partial charge < -0.3 is 28.9 Å². The molecule has 20 heteroatoms. The number of anilines is 1. The second-order valence-electron chi connectivity index (χ2n) is 12.0. The van der Waals surface area contributed by atoms with E-state index in [1.54, 1.807) is 40.7 Å². The van der Waals surface area contributed by atoms with Crippen LogP contribution in [0.1, 0.15) is 53.7 Å². The van der Waals surface area contributed by atoms with E-state index < -0.39 is 68.0 Å². The summed E-state index contributed by atoms with van der Waals surface area (Å²) in [5.74, 6) is -0.944. The Kier molecular flexibility index (Phi) is 12.5. The van der Waals surface area contributed by atoms with Gasteiger partial charge in [0.1, 0.15) is 5.60 Å². The van der Waals surface area contributed by atoms with Gasteiger partial charge in [-0.3, -0.25) is 33.5 Å². The highest BCUT2D eigenvalue weighted by molar-refractivity contribution is 7.47. The molecule has 1 saturated heterocycles. The van der Waals surface area contributed by atoms with Gasteiger partial charge in [-0.15, -0.1) is 0 Å². The van der Waals surface area contributed by atoms with Crippen molar-refractivity contribution >= 4 is 43.0 Å². The number of aromatic amines is 1. The Balaban J connectivity index is 1.82. The first-order chi connectivity index (χ1) is 21.9. The second-order valence-corrected chi connectivity index (χ2v) is 13.5. The number of hydrogen-bond donors (Lipinski definition) is 3. The van der Waals surface area contributed by atoms with Crippen molar-refractivity contribution in [3.8, 4) is 6.07 Å². The van der Waals surface area contributed by atoms with Crippen molar-refractivity contribution in [1.29, 1.82) is 5.26 Å². The first kappa shape index (κ1) is 37.4. The third kappa shape index (κ3) is 10.7. The standard InChI is InChI=1S/C27H41N8O11P/c1-16(2)21(36)31-24-30-20-19(22(37)32-24)29-15-35(20)23-18(13-17(44-23)14-43-47(40,41)42-12-8-9-28)45-25(38)33(6)10-11-34(7)26(39)46-27(3,4)5/h15-18,23H,8,10-14H2,1-7H3,(H,40,41)(H2,30,31,32,36,37)/t17?,18-,23-/m1/s1. The molecule has 3 N–H and O–H groups in total. The number of imidazole rings is 1. The molecule has 2 aromatic heterocycles. The van der Waals surface area contributed by atoms with Crippen LogP contribution in [-0.4, -0.2) is 111 Å². The summed E-state index contributed by atoms with van der Waals surface area (Å²) >= 11 is 0. The lowest BCUT2D eigenvalue weighted by atomic mass is 10.2. The van der Waals surface area contributed by atoms with Crippen molar-refractivity contribution in [2.45, 2.75) is 71.5 Å². The van der Waals surface area contributed by atoms with E-state index in [-0.39, 0.29) is 49.7 Å². The normalized spacial score (nSPS) is 19.2. The van der Waals surface area contributed by atoms with E-state index in [2.05, 4.69) is 20.3 Å². The maximum absolute atomic E-state index is 13.2. The summed E-state index contributed by atoms with van der Waals surface area (Å²) < 4.78 is 40.6. The molecule has 0 aliphatic carbocycles. The molecule has 0 radical (unpaired) electrons. The summed E-state index contributed by atoms with van der Waals surface area (Å²) in [6.07, 6.45) is -3.37. The summed E-state index contributed by atoms with van der Waals surface area (Å²) in [5, 5.41) is 11.2. The number of nitriles is 1. The first-order valence-electron chi connectivity index (χ1n) is 14.7. The van der Waals surface area contributed by atoms with Crippen LogP contribution >= 0.6 is 7.82 Å². The summed E-state index contributed by atoms with van der Waals surface area (Å²) in [5.41, 5.74) is -1.43. The number of carbonyl (C=O) groups is 3. The van der Waals surface area contributed by atoms with Crippen LogP contribution in [0, 0.1) is 17.2 Å². The molecule has 3 amide bonds. The minimum absolute atomic E-state index is 0.000398. The molecule has 1 fully saturated rings. The average molecular weight is 685 g/mol. The Hall–Kier alpha value is -4.08. The molecule has 0 bridgehead atoms. The number of nitrogens with one attached hydrogen (secondary N) is 2. The Morgan fingerprint density at radius 3 is 2.51 bits per heavy atom. The quantitative estimate of drug-likeness (QED) is 0.203. The fourth-order valence-electron chi connectivity index (χ4n) is 4.07. The van der Waals surface area contributed by atoms with E-state index in [0.717, 1.165) is 0 Å². The number of rotatable bonds is 13. The van der Waals surface area contributed by atoms with E-state index in [9.17, 15) is 28.6 Å². The van der Waals surface area contributed by atoms with E-state index in [1.807, 2.05) is 0 Å². The zero-order valence-corrected chi connectivity index (χ0v) is 28.2. The Labute approximate surface area is 270 Å². The predicted octanol–water partition coefficient (Wildman–Crippen LogP) is 2.35. The van der Waals surface area contributed by atoms with Crippen molar-refractivity contribution in [3.63, 3.8) is 0 Å². The first-order valence-corrected chi connectivity index (χ1v) is 16.2. The van der Waals surface area contributed by atoms with Gasteiger partial charge in [0.25, 0.3) is 5.56 Å². The largest absolute Gasteiger partial charge is 0.472 e. The molecular formula is C27H41N8O11P. The lowest BCUT2D eigenvalue weighted by molar-refractivity contribution is -0.118. The van der Waals surface area contributed by atoms with Gasteiger partial charge >= 0.3 is 20.0 Å². The van der Waals surface area contributed by atoms with E-state index in [4.69, 9.17) is 28.5 Å². The van der Waals surface area contributed by atoms with Crippen molar-refractivity contribution in [2.24, 2.45) is 5.92 Å². The lowest BCUT2D eigenvalue weighted by Gasteiger charge is -2.27. The summed E-state index contributed by atoms with van der Waals surface area (Å²) in [4.78, 5) is 73.9. The third-order valence-electron chi connectivity index (χ3n) is 6.55.